The van der Waals surface area contributed by atoms with Crippen molar-refractivity contribution in [3.63, 3.8) is 0 Å². The third-order valence-electron chi connectivity index (χ3n) is 3.03. The molecule has 2 aliphatic rings. The Morgan fingerprint density at radius 3 is 2.65 bits per heavy atom. The average molecular weight is 286 g/mol. The van der Waals surface area contributed by atoms with Crippen LogP contribution in [0.15, 0.2) is 0 Å². The van der Waals surface area contributed by atoms with E-state index in [0.717, 1.165) is 7.11 Å². The molecule has 110 valence electrons. The van der Waals surface area contributed by atoms with E-state index in [4.69, 9.17) is 9.57 Å². The lowest BCUT2D eigenvalue weighted by Crippen LogP contribution is -2.57. The number of ether oxygens (including phenoxy) is 2. The maximum atomic E-state index is 12.1. The lowest BCUT2D eigenvalue weighted by molar-refractivity contribution is -0.258. The average Bonchev–Trinajstić information content (AvgIpc) is 2.94. The number of nitrogens with zero attached hydrogens (tertiary/aromatic N) is 1. The maximum absolute atomic E-state index is 12.1. The van der Waals surface area contributed by atoms with Crippen molar-refractivity contribution in [3.05, 3.63) is 0 Å². The molecule has 9 heteroatoms. The van der Waals surface area contributed by atoms with Crippen LogP contribution in [0, 0.1) is 0 Å². The molecule has 0 spiro atoms. The predicted octanol–water partition coefficient (Wildman–Crippen LogP) is -1.53. The van der Waals surface area contributed by atoms with E-state index in [1.165, 1.54) is 6.92 Å². The summed E-state index contributed by atoms with van der Waals surface area (Å²) in [6, 6.07) is -0.923. The number of esters is 2. The third kappa shape index (κ3) is 2.20. The molecular weight excluding hydrogens is 272 g/mol. The Hall–Kier alpha value is -2.16. The van der Waals surface area contributed by atoms with Crippen molar-refractivity contribution >= 4 is 23.8 Å². The number of hydroxylamine groups is 2. The van der Waals surface area contributed by atoms with Gasteiger partial charge in [-0.3, -0.25) is 19.2 Å². The second kappa shape index (κ2) is 5.08. The molecule has 2 heterocycles. The van der Waals surface area contributed by atoms with Crippen LogP contribution >= 0.6 is 0 Å². The van der Waals surface area contributed by atoms with Gasteiger partial charge in [0.2, 0.25) is 5.91 Å². The Bertz CT molecular complexity index is 477. The van der Waals surface area contributed by atoms with Gasteiger partial charge in [-0.05, 0) is 0 Å². The van der Waals surface area contributed by atoms with Gasteiger partial charge in [0.25, 0.3) is 5.91 Å². The van der Waals surface area contributed by atoms with Crippen LogP contribution in [0.2, 0.25) is 0 Å². The van der Waals surface area contributed by atoms with Crippen LogP contribution in [0.3, 0.4) is 0 Å². The number of hydrogen-bond acceptors (Lipinski definition) is 7. The number of rotatable bonds is 3. The highest BCUT2D eigenvalue weighted by Gasteiger charge is 2.59. The highest BCUT2D eigenvalue weighted by Crippen LogP contribution is 2.34. The summed E-state index contributed by atoms with van der Waals surface area (Å²) < 4.78 is 9.55. The largest absolute Gasteiger partial charge is 0.465 e. The first kappa shape index (κ1) is 14.3. The summed E-state index contributed by atoms with van der Waals surface area (Å²) in [4.78, 5) is 51.4. The number of methoxy groups -OCH3 is 1. The zero-order chi connectivity index (χ0) is 14.9. The van der Waals surface area contributed by atoms with E-state index < -0.39 is 35.5 Å². The normalized spacial score (nSPS) is 29.3. The van der Waals surface area contributed by atoms with Crippen LogP contribution < -0.4 is 5.32 Å². The summed E-state index contributed by atoms with van der Waals surface area (Å²) in [6.07, 6.45) is -0.0932. The Morgan fingerprint density at radius 2 is 2.15 bits per heavy atom. The van der Waals surface area contributed by atoms with Gasteiger partial charge in [0.05, 0.1) is 13.5 Å². The zero-order valence-corrected chi connectivity index (χ0v) is 11.0. The fraction of sp³-hybridized carbons (Fsp3) is 0.636. The van der Waals surface area contributed by atoms with Gasteiger partial charge in [-0.2, -0.15) is 5.06 Å². The highest BCUT2D eigenvalue weighted by atomic mass is 16.8. The summed E-state index contributed by atoms with van der Waals surface area (Å²) in [7, 11) is 1.11. The topological polar surface area (TPSA) is 111 Å². The third-order valence-corrected chi connectivity index (χ3v) is 3.03. The Kier molecular flexibility index (Phi) is 3.62. The van der Waals surface area contributed by atoms with Gasteiger partial charge < -0.3 is 14.8 Å². The molecule has 0 aromatic heterocycles. The van der Waals surface area contributed by atoms with Crippen molar-refractivity contribution in [2.45, 2.75) is 31.5 Å². The summed E-state index contributed by atoms with van der Waals surface area (Å²) in [6.45, 7) is 1.11. The van der Waals surface area contributed by atoms with E-state index in [0.29, 0.717) is 5.06 Å². The Morgan fingerprint density at radius 1 is 1.45 bits per heavy atom. The van der Waals surface area contributed by atoms with Crippen LogP contribution in [0.5, 0.6) is 0 Å². The molecule has 2 atom stereocenters. The summed E-state index contributed by atoms with van der Waals surface area (Å²) >= 11 is 0. The Balaban J connectivity index is 2.24. The molecule has 2 aliphatic heterocycles. The fourth-order valence-electron chi connectivity index (χ4n) is 2.15. The molecule has 0 aliphatic carbocycles. The van der Waals surface area contributed by atoms with Crippen LogP contribution in [0.4, 0.5) is 0 Å². The molecule has 0 aromatic carbocycles. The maximum Gasteiger partial charge on any atom is 0.374 e. The molecule has 2 fully saturated rings. The monoisotopic (exact) mass is 286 g/mol. The van der Waals surface area contributed by atoms with Crippen molar-refractivity contribution in [3.8, 4) is 0 Å². The SMILES string of the molecule is COC(=O)C1(N2OCC(NC(C)=O)C2=O)CCC(=O)O1. The number of nitrogens with one attached hydrogen (secondary N) is 1. The molecule has 0 bridgehead atoms. The van der Waals surface area contributed by atoms with E-state index in [1.807, 2.05) is 0 Å². The van der Waals surface area contributed by atoms with Crippen LogP contribution in [-0.4, -0.2) is 54.3 Å². The highest BCUT2D eigenvalue weighted by molar-refractivity contribution is 5.94. The molecule has 2 rings (SSSR count). The molecule has 20 heavy (non-hydrogen) atoms. The summed E-state index contributed by atoms with van der Waals surface area (Å²) in [5.41, 5.74) is -1.91. The zero-order valence-electron chi connectivity index (χ0n) is 11.0. The van der Waals surface area contributed by atoms with Gasteiger partial charge in [0.15, 0.2) is 0 Å². The molecule has 2 amide bonds. The number of amides is 2. The van der Waals surface area contributed by atoms with Crippen molar-refractivity contribution < 1.29 is 33.5 Å². The van der Waals surface area contributed by atoms with Crippen LogP contribution in [0.1, 0.15) is 19.8 Å². The van der Waals surface area contributed by atoms with Crippen molar-refractivity contribution in [2.24, 2.45) is 0 Å². The molecular formula is C11H14N2O7. The van der Waals surface area contributed by atoms with E-state index in [1.54, 1.807) is 0 Å². The number of hydrogen-bond donors (Lipinski definition) is 1. The molecule has 1 N–H and O–H groups in total. The van der Waals surface area contributed by atoms with Gasteiger partial charge in [-0.1, -0.05) is 0 Å². The van der Waals surface area contributed by atoms with Crippen LogP contribution in [-0.2, 0) is 33.5 Å². The lowest BCUT2D eigenvalue weighted by atomic mass is 10.1. The van der Waals surface area contributed by atoms with Gasteiger partial charge in [0, 0.05) is 13.3 Å². The number of cyclic esters (lactones) is 1. The number of carbonyl (C=O) groups excluding carboxylic acids is 4. The lowest BCUT2D eigenvalue weighted by Gasteiger charge is -2.31. The molecule has 0 radical (unpaired) electrons. The Labute approximate surface area is 114 Å². The van der Waals surface area contributed by atoms with Gasteiger partial charge in [-0.25, -0.2) is 4.79 Å². The molecule has 2 unspecified atom stereocenters. The minimum Gasteiger partial charge on any atom is -0.465 e. The van der Waals surface area contributed by atoms with Crippen molar-refractivity contribution in [1.29, 1.82) is 0 Å². The van der Waals surface area contributed by atoms with Gasteiger partial charge >= 0.3 is 17.7 Å². The van der Waals surface area contributed by atoms with Gasteiger partial charge in [0.1, 0.15) is 12.6 Å². The molecule has 9 nitrogen and oxygen atoms in total. The smallest absolute Gasteiger partial charge is 0.374 e. The molecule has 0 aromatic rings. The number of carbonyl (C=O) groups is 4. The summed E-state index contributed by atoms with van der Waals surface area (Å²) in [5, 5.41) is 3.07. The van der Waals surface area contributed by atoms with E-state index in [9.17, 15) is 19.2 Å². The molecule has 2 saturated heterocycles. The second-order valence-electron chi connectivity index (χ2n) is 4.43. The predicted molar refractivity (Wildman–Crippen MR) is 60.5 cm³/mol. The fourth-order valence-corrected chi connectivity index (χ4v) is 2.15. The van der Waals surface area contributed by atoms with Crippen molar-refractivity contribution in [1.82, 2.24) is 10.4 Å². The quantitative estimate of drug-likeness (QED) is 0.626. The summed E-state index contributed by atoms with van der Waals surface area (Å²) in [5.74, 6) is -2.61. The first-order chi connectivity index (χ1) is 9.40. The minimum atomic E-state index is -1.91. The van der Waals surface area contributed by atoms with E-state index in [-0.39, 0.29) is 19.4 Å². The minimum absolute atomic E-state index is 0.0347. The first-order valence-electron chi connectivity index (χ1n) is 5.95. The molecule has 0 saturated carbocycles. The van der Waals surface area contributed by atoms with E-state index in [2.05, 4.69) is 10.1 Å². The second-order valence-corrected chi connectivity index (χ2v) is 4.43. The standard InChI is InChI=1S/C11H14N2O7/c1-6(14)12-7-5-19-13(9(7)16)11(10(17)18-2)4-3-8(15)20-11/h7H,3-5H2,1-2H3,(H,12,14). The van der Waals surface area contributed by atoms with E-state index >= 15 is 0 Å². The van der Waals surface area contributed by atoms with Crippen molar-refractivity contribution in [2.75, 3.05) is 13.7 Å². The van der Waals surface area contributed by atoms with Gasteiger partial charge in [-0.15, -0.1) is 0 Å². The van der Waals surface area contributed by atoms with Crippen LogP contribution in [0.25, 0.3) is 0 Å². The first-order valence-corrected chi connectivity index (χ1v) is 5.95.